The van der Waals surface area contributed by atoms with Gasteiger partial charge >= 0.3 is 24.1 Å². The molecule has 180 valence electrons. The maximum atomic E-state index is 13.6. The van der Waals surface area contributed by atoms with Crippen LogP contribution in [0.4, 0.5) is 52.7 Å². The number of hydrogen-bond donors (Lipinski definition) is 0. The highest BCUT2D eigenvalue weighted by atomic mass is 19.3. The highest BCUT2D eigenvalue weighted by Gasteiger charge is 2.86. The number of halogens is 12. The first-order valence-electron chi connectivity index (χ1n) is 8.72. The van der Waals surface area contributed by atoms with Crippen LogP contribution in [0.2, 0.25) is 0 Å². The summed E-state index contributed by atoms with van der Waals surface area (Å²) in [6, 6.07) is 0. The lowest BCUT2D eigenvalue weighted by Gasteiger charge is -2.45. The molecule has 2 rings (SSSR count). The Labute approximate surface area is 163 Å². The maximum Gasteiger partial charge on any atom is 0.425 e. The number of hydrogen-bond acceptors (Lipinski definition) is 2. The number of ether oxygens (including phenoxy) is 2. The summed E-state index contributed by atoms with van der Waals surface area (Å²) < 4.78 is 163. The van der Waals surface area contributed by atoms with E-state index in [1.165, 1.54) is 0 Å². The van der Waals surface area contributed by atoms with E-state index in [2.05, 4.69) is 9.47 Å². The molecule has 0 aliphatic carbocycles. The van der Waals surface area contributed by atoms with Crippen molar-refractivity contribution < 1.29 is 62.2 Å². The van der Waals surface area contributed by atoms with Crippen LogP contribution >= 0.6 is 0 Å². The van der Waals surface area contributed by atoms with Crippen LogP contribution < -0.4 is 0 Å². The van der Waals surface area contributed by atoms with Crippen molar-refractivity contribution in [2.75, 3.05) is 0 Å². The maximum absolute atomic E-state index is 13.6. The first-order chi connectivity index (χ1) is 13.1. The van der Waals surface area contributed by atoms with Gasteiger partial charge in [-0.05, 0) is 13.3 Å². The van der Waals surface area contributed by atoms with Crippen molar-refractivity contribution in [2.24, 2.45) is 0 Å². The largest absolute Gasteiger partial charge is 0.425 e. The summed E-state index contributed by atoms with van der Waals surface area (Å²) in [4.78, 5) is 0. The molecule has 0 aromatic carbocycles. The fourth-order valence-electron chi connectivity index (χ4n) is 3.09. The molecular formula is C16H20F12O2. The number of alkyl halides is 12. The van der Waals surface area contributed by atoms with Gasteiger partial charge < -0.3 is 0 Å². The fraction of sp³-hybridized carbons (Fsp3) is 1.00. The molecule has 30 heavy (non-hydrogen) atoms. The summed E-state index contributed by atoms with van der Waals surface area (Å²) in [7, 11) is 0. The smallest absolute Gasteiger partial charge is 0.278 e. The van der Waals surface area contributed by atoms with Gasteiger partial charge in [0.25, 0.3) is 5.85 Å². The van der Waals surface area contributed by atoms with Crippen molar-refractivity contribution >= 4 is 0 Å². The Hall–Kier alpha value is -0.920. The standard InChI is InChI=1S/2C8H10F6O/c1-3-6(10)4-5(2,9)7(11,12)8(13,14)15-6;1-3-5(9)6(10,4-2)15-8(13,14)7(5,11)12/h2*3-4H2,1-2H3. The summed E-state index contributed by atoms with van der Waals surface area (Å²) in [6.45, 7) is 3.17. The first kappa shape index (κ1) is 27.1. The summed E-state index contributed by atoms with van der Waals surface area (Å²) in [5.74, 6) is -16.9. The van der Waals surface area contributed by atoms with Crippen molar-refractivity contribution in [1.29, 1.82) is 0 Å². The zero-order chi connectivity index (χ0) is 24.2. The lowest BCUT2D eigenvalue weighted by molar-refractivity contribution is -0.459. The zero-order valence-corrected chi connectivity index (χ0v) is 16.2. The van der Waals surface area contributed by atoms with E-state index in [1.54, 1.807) is 0 Å². The van der Waals surface area contributed by atoms with Gasteiger partial charge in [-0.1, -0.05) is 20.8 Å². The van der Waals surface area contributed by atoms with Crippen LogP contribution in [0.3, 0.4) is 0 Å². The van der Waals surface area contributed by atoms with E-state index >= 15 is 0 Å². The molecule has 2 nitrogen and oxygen atoms in total. The highest BCUT2D eigenvalue weighted by Crippen LogP contribution is 2.62. The van der Waals surface area contributed by atoms with Crippen LogP contribution in [0, 0.1) is 0 Å². The Morgan fingerprint density at radius 3 is 1.33 bits per heavy atom. The minimum Gasteiger partial charge on any atom is -0.278 e. The Morgan fingerprint density at radius 2 is 1.03 bits per heavy atom. The molecule has 2 fully saturated rings. The predicted molar refractivity (Wildman–Crippen MR) is 78.5 cm³/mol. The molecule has 2 aliphatic heterocycles. The normalized spacial score (nSPS) is 43.6. The van der Waals surface area contributed by atoms with E-state index in [0.717, 1.165) is 20.8 Å². The van der Waals surface area contributed by atoms with E-state index in [9.17, 15) is 52.7 Å². The van der Waals surface area contributed by atoms with Gasteiger partial charge in [0, 0.05) is 19.3 Å². The highest BCUT2D eigenvalue weighted by molar-refractivity contribution is 5.12. The molecule has 0 spiro atoms. The third kappa shape index (κ3) is 3.65. The molecule has 0 amide bonds. The Bertz CT molecular complexity index is 618. The molecule has 0 radical (unpaired) electrons. The van der Waals surface area contributed by atoms with E-state index in [-0.39, 0.29) is 6.92 Å². The summed E-state index contributed by atoms with van der Waals surface area (Å²) in [6.07, 6.45) is -14.3. The molecule has 2 aliphatic rings. The Kier molecular flexibility index (Phi) is 6.61. The van der Waals surface area contributed by atoms with Crippen molar-refractivity contribution in [3.05, 3.63) is 0 Å². The molecular weight excluding hydrogens is 452 g/mol. The molecule has 0 bridgehead atoms. The lowest BCUT2D eigenvalue weighted by Crippen LogP contribution is -2.65. The van der Waals surface area contributed by atoms with Gasteiger partial charge in [-0.25, -0.2) is 17.6 Å². The van der Waals surface area contributed by atoms with Crippen LogP contribution in [0.15, 0.2) is 0 Å². The first-order valence-corrected chi connectivity index (χ1v) is 8.72. The van der Waals surface area contributed by atoms with Gasteiger partial charge in [-0.3, -0.25) is 9.47 Å². The Morgan fingerprint density at radius 1 is 0.600 bits per heavy atom. The van der Waals surface area contributed by atoms with Crippen LogP contribution in [0.25, 0.3) is 0 Å². The predicted octanol–water partition coefficient (Wildman–Crippen LogP) is 6.88. The molecule has 4 atom stereocenters. The minimum atomic E-state index is -5.17. The summed E-state index contributed by atoms with van der Waals surface area (Å²) >= 11 is 0. The Balaban J connectivity index is 0.000000300. The van der Waals surface area contributed by atoms with E-state index in [4.69, 9.17) is 0 Å². The molecule has 4 unspecified atom stereocenters. The molecule has 0 aromatic heterocycles. The van der Waals surface area contributed by atoms with Gasteiger partial charge in [0.15, 0.2) is 5.67 Å². The second-order valence-electron chi connectivity index (χ2n) is 7.23. The van der Waals surface area contributed by atoms with Gasteiger partial charge in [-0.2, -0.15) is 35.1 Å². The van der Waals surface area contributed by atoms with Gasteiger partial charge in [0.1, 0.15) is 0 Å². The van der Waals surface area contributed by atoms with Gasteiger partial charge in [0.05, 0.1) is 0 Å². The fourth-order valence-corrected chi connectivity index (χ4v) is 3.09. The second-order valence-corrected chi connectivity index (χ2v) is 7.23. The molecule has 2 heterocycles. The van der Waals surface area contributed by atoms with Crippen molar-refractivity contribution in [3.63, 3.8) is 0 Å². The molecule has 0 N–H and O–H groups in total. The summed E-state index contributed by atoms with van der Waals surface area (Å²) in [5.41, 5.74) is -7.64. The van der Waals surface area contributed by atoms with Crippen LogP contribution in [0.1, 0.15) is 53.4 Å². The second kappa shape index (κ2) is 7.31. The summed E-state index contributed by atoms with van der Waals surface area (Å²) in [5, 5.41) is 0. The van der Waals surface area contributed by atoms with Gasteiger partial charge in [-0.15, -0.1) is 0 Å². The molecule has 14 heteroatoms. The monoisotopic (exact) mass is 472 g/mol. The minimum absolute atomic E-state index is 0.243. The van der Waals surface area contributed by atoms with E-state index < -0.39 is 72.8 Å². The third-order valence-corrected chi connectivity index (χ3v) is 5.14. The van der Waals surface area contributed by atoms with Crippen molar-refractivity contribution in [1.82, 2.24) is 0 Å². The zero-order valence-electron chi connectivity index (χ0n) is 16.2. The topological polar surface area (TPSA) is 18.5 Å². The van der Waals surface area contributed by atoms with Crippen LogP contribution in [0.5, 0.6) is 0 Å². The molecule has 0 aromatic rings. The molecule has 2 saturated heterocycles. The van der Waals surface area contributed by atoms with Crippen LogP contribution in [-0.4, -0.2) is 47.1 Å². The average Bonchev–Trinajstić information content (AvgIpc) is 2.68. The van der Waals surface area contributed by atoms with Gasteiger partial charge in [0.2, 0.25) is 11.5 Å². The average molecular weight is 472 g/mol. The van der Waals surface area contributed by atoms with E-state index in [1.807, 2.05) is 0 Å². The van der Waals surface area contributed by atoms with E-state index in [0.29, 0.717) is 0 Å². The van der Waals surface area contributed by atoms with Crippen molar-refractivity contribution in [2.45, 2.75) is 100 Å². The quantitative estimate of drug-likeness (QED) is 0.417. The van der Waals surface area contributed by atoms with Crippen LogP contribution in [-0.2, 0) is 9.47 Å². The SMILES string of the molecule is CCC1(F)CC(C)(F)C(F)(F)C(F)(F)O1.CCC1(F)OC(F)(F)C(F)(F)C1(F)CC. The molecule has 0 saturated carbocycles. The third-order valence-electron chi connectivity index (χ3n) is 5.14. The van der Waals surface area contributed by atoms with Crippen molar-refractivity contribution in [3.8, 4) is 0 Å². The lowest BCUT2D eigenvalue weighted by atomic mass is 9.87. The number of rotatable bonds is 3.